The Morgan fingerprint density at radius 2 is 1.17 bits per heavy atom. The van der Waals surface area contributed by atoms with Crippen LogP contribution in [-0.2, 0) is 13.1 Å². The van der Waals surface area contributed by atoms with Gasteiger partial charge in [-0.25, -0.2) is 0 Å². The topological polar surface area (TPSA) is 76.1 Å². The summed E-state index contributed by atoms with van der Waals surface area (Å²) < 4.78 is 0. The predicted octanol–water partition coefficient (Wildman–Crippen LogP) is 2.33. The molecule has 4 nitrogen and oxygen atoms in total. The standard InChI is InChI=1S/C20H38N4/c1-15(9-21)17(3)11-23-13-19-6-5-7-20(8-19)14-24-12-18(4)16(2)10-22/h5-8,15-18,23-24H,9-14,21-22H2,1-4H3. The number of rotatable bonds is 12. The largest absolute Gasteiger partial charge is 0.330 e. The van der Waals surface area contributed by atoms with Crippen molar-refractivity contribution in [1.29, 1.82) is 0 Å². The lowest BCUT2D eigenvalue weighted by Crippen LogP contribution is -2.29. The van der Waals surface area contributed by atoms with Crippen molar-refractivity contribution in [3.05, 3.63) is 35.4 Å². The Balaban J connectivity index is 2.35. The number of benzene rings is 1. The van der Waals surface area contributed by atoms with E-state index < -0.39 is 0 Å². The molecule has 0 saturated carbocycles. The van der Waals surface area contributed by atoms with E-state index in [1.165, 1.54) is 11.1 Å². The highest BCUT2D eigenvalue weighted by molar-refractivity contribution is 5.23. The molecule has 0 heterocycles. The second kappa shape index (κ2) is 11.6. The van der Waals surface area contributed by atoms with E-state index in [0.29, 0.717) is 23.7 Å². The number of nitrogens with two attached hydrogens (primary N) is 2. The van der Waals surface area contributed by atoms with Gasteiger partial charge >= 0.3 is 0 Å². The third-order valence-electron chi connectivity index (χ3n) is 5.27. The summed E-state index contributed by atoms with van der Waals surface area (Å²) in [5, 5.41) is 7.10. The first kappa shape index (κ1) is 21.1. The number of nitrogens with one attached hydrogen (secondary N) is 2. The van der Waals surface area contributed by atoms with Crippen LogP contribution < -0.4 is 22.1 Å². The average Bonchev–Trinajstić information content (AvgIpc) is 2.60. The van der Waals surface area contributed by atoms with Gasteiger partial charge in [0.25, 0.3) is 0 Å². The van der Waals surface area contributed by atoms with E-state index >= 15 is 0 Å². The summed E-state index contributed by atoms with van der Waals surface area (Å²) in [5.74, 6) is 2.33. The van der Waals surface area contributed by atoms with Crippen LogP contribution in [0.25, 0.3) is 0 Å². The molecule has 0 bridgehead atoms. The normalized spacial score (nSPS) is 16.6. The zero-order valence-corrected chi connectivity index (χ0v) is 16.0. The second-order valence-corrected chi connectivity index (χ2v) is 7.46. The molecule has 138 valence electrons. The second-order valence-electron chi connectivity index (χ2n) is 7.46. The van der Waals surface area contributed by atoms with Crippen LogP contribution in [0.3, 0.4) is 0 Å². The van der Waals surface area contributed by atoms with E-state index in [1.54, 1.807) is 0 Å². The summed E-state index contributed by atoms with van der Waals surface area (Å²) in [6.07, 6.45) is 0. The summed E-state index contributed by atoms with van der Waals surface area (Å²) in [7, 11) is 0. The van der Waals surface area contributed by atoms with Gasteiger partial charge in [-0.05, 0) is 61.0 Å². The lowest BCUT2D eigenvalue weighted by molar-refractivity contribution is 0.373. The Labute approximate surface area is 148 Å². The minimum atomic E-state index is 0.561. The first-order valence-corrected chi connectivity index (χ1v) is 9.37. The lowest BCUT2D eigenvalue weighted by atomic mass is 9.96. The van der Waals surface area contributed by atoms with Crippen molar-refractivity contribution in [2.24, 2.45) is 35.1 Å². The van der Waals surface area contributed by atoms with Gasteiger partial charge in [0.15, 0.2) is 0 Å². The highest BCUT2D eigenvalue weighted by atomic mass is 14.9. The fourth-order valence-electron chi connectivity index (χ4n) is 2.60. The minimum Gasteiger partial charge on any atom is -0.330 e. The molecule has 1 aromatic carbocycles. The van der Waals surface area contributed by atoms with Gasteiger partial charge in [-0.3, -0.25) is 0 Å². The summed E-state index contributed by atoms with van der Waals surface area (Å²) >= 11 is 0. The van der Waals surface area contributed by atoms with Crippen molar-refractivity contribution in [3.63, 3.8) is 0 Å². The van der Waals surface area contributed by atoms with Gasteiger partial charge in [0.1, 0.15) is 0 Å². The summed E-state index contributed by atoms with van der Waals surface area (Å²) in [6, 6.07) is 8.80. The van der Waals surface area contributed by atoms with Crippen LogP contribution in [0.2, 0.25) is 0 Å². The van der Waals surface area contributed by atoms with Crippen molar-refractivity contribution in [2.45, 2.75) is 40.8 Å². The van der Waals surface area contributed by atoms with Crippen LogP contribution in [-0.4, -0.2) is 26.2 Å². The maximum atomic E-state index is 5.73. The zero-order valence-electron chi connectivity index (χ0n) is 16.0. The third kappa shape index (κ3) is 7.75. The van der Waals surface area contributed by atoms with Crippen LogP contribution in [0.4, 0.5) is 0 Å². The van der Waals surface area contributed by atoms with Crippen LogP contribution >= 0.6 is 0 Å². The fraction of sp³-hybridized carbons (Fsp3) is 0.700. The number of hydrogen-bond acceptors (Lipinski definition) is 4. The molecule has 0 radical (unpaired) electrons. The van der Waals surface area contributed by atoms with Gasteiger partial charge in [0.05, 0.1) is 0 Å². The molecule has 1 aromatic rings. The first-order chi connectivity index (χ1) is 11.5. The summed E-state index contributed by atoms with van der Waals surface area (Å²) in [4.78, 5) is 0. The SMILES string of the molecule is CC(CN)C(C)CNCc1cccc(CNCC(C)C(C)CN)c1. The lowest BCUT2D eigenvalue weighted by Gasteiger charge is -2.19. The molecular weight excluding hydrogens is 296 g/mol. The molecule has 1 rings (SSSR count). The monoisotopic (exact) mass is 334 g/mol. The van der Waals surface area contributed by atoms with Gasteiger partial charge in [-0.2, -0.15) is 0 Å². The van der Waals surface area contributed by atoms with Crippen LogP contribution in [0.15, 0.2) is 24.3 Å². The van der Waals surface area contributed by atoms with E-state index in [4.69, 9.17) is 11.5 Å². The molecule has 0 saturated heterocycles. The average molecular weight is 335 g/mol. The Hall–Kier alpha value is -0.940. The molecular formula is C20H38N4. The molecule has 0 spiro atoms. The van der Waals surface area contributed by atoms with Crippen LogP contribution in [0.5, 0.6) is 0 Å². The quantitative estimate of drug-likeness (QED) is 0.473. The summed E-state index contributed by atoms with van der Waals surface area (Å²) in [5.41, 5.74) is 14.1. The Bertz CT molecular complexity index is 412. The molecule has 4 heteroatoms. The van der Waals surface area contributed by atoms with Gasteiger partial charge < -0.3 is 22.1 Å². The fourth-order valence-corrected chi connectivity index (χ4v) is 2.60. The smallest absolute Gasteiger partial charge is 0.0205 e. The molecule has 4 unspecified atom stereocenters. The van der Waals surface area contributed by atoms with Crippen molar-refractivity contribution in [2.75, 3.05) is 26.2 Å². The molecule has 0 amide bonds. The van der Waals surface area contributed by atoms with Crippen molar-refractivity contribution in [1.82, 2.24) is 10.6 Å². The highest BCUT2D eigenvalue weighted by Crippen LogP contribution is 2.10. The Morgan fingerprint density at radius 1 is 0.750 bits per heavy atom. The molecule has 0 fully saturated rings. The van der Waals surface area contributed by atoms with E-state index in [9.17, 15) is 0 Å². The molecule has 0 aromatic heterocycles. The van der Waals surface area contributed by atoms with Crippen molar-refractivity contribution in [3.8, 4) is 0 Å². The third-order valence-corrected chi connectivity index (χ3v) is 5.27. The molecule has 6 N–H and O–H groups in total. The van der Waals surface area contributed by atoms with Gasteiger partial charge in [0.2, 0.25) is 0 Å². The van der Waals surface area contributed by atoms with Crippen molar-refractivity contribution < 1.29 is 0 Å². The zero-order chi connectivity index (χ0) is 17.9. The maximum absolute atomic E-state index is 5.73. The highest BCUT2D eigenvalue weighted by Gasteiger charge is 2.10. The van der Waals surface area contributed by atoms with Gasteiger partial charge in [-0.15, -0.1) is 0 Å². The van der Waals surface area contributed by atoms with E-state index in [-0.39, 0.29) is 0 Å². The minimum absolute atomic E-state index is 0.561. The van der Waals surface area contributed by atoms with Crippen LogP contribution in [0.1, 0.15) is 38.8 Å². The molecule has 0 aliphatic carbocycles. The van der Waals surface area contributed by atoms with Crippen LogP contribution in [0, 0.1) is 23.7 Å². The maximum Gasteiger partial charge on any atom is 0.0205 e. The number of hydrogen-bond donors (Lipinski definition) is 4. The van der Waals surface area contributed by atoms with E-state index in [2.05, 4.69) is 62.6 Å². The van der Waals surface area contributed by atoms with Crippen molar-refractivity contribution >= 4 is 0 Å². The summed E-state index contributed by atoms with van der Waals surface area (Å²) in [6.45, 7) is 14.3. The van der Waals surface area contributed by atoms with E-state index in [0.717, 1.165) is 39.3 Å². The molecule has 0 aliphatic heterocycles. The van der Waals surface area contributed by atoms with Gasteiger partial charge in [-0.1, -0.05) is 52.0 Å². The Kier molecular flexibility index (Phi) is 10.2. The van der Waals surface area contributed by atoms with Gasteiger partial charge in [0, 0.05) is 13.1 Å². The Morgan fingerprint density at radius 3 is 1.54 bits per heavy atom. The predicted molar refractivity (Wildman–Crippen MR) is 105 cm³/mol. The molecule has 4 atom stereocenters. The molecule has 0 aliphatic rings. The molecule has 24 heavy (non-hydrogen) atoms. The first-order valence-electron chi connectivity index (χ1n) is 9.37. The van der Waals surface area contributed by atoms with E-state index in [1.807, 2.05) is 0 Å².